The average molecular weight is 581 g/mol. The first-order chi connectivity index (χ1) is 20.9. The minimum Gasteiger partial charge on any atom is -0.462 e. The fourth-order valence-electron chi connectivity index (χ4n) is 5.37. The van der Waals surface area contributed by atoms with E-state index < -0.39 is 5.97 Å². The maximum atomic E-state index is 13.4. The zero-order valence-corrected chi connectivity index (χ0v) is 24.1. The Bertz CT molecular complexity index is 1610. The monoisotopic (exact) mass is 580 g/mol. The van der Waals surface area contributed by atoms with Crippen LogP contribution in [0.25, 0.3) is 11.1 Å². The summed E-state index contributed by atoms with van der Waals surface area (Å²) in [5.41, 5.74) is 4.52. The first-order valence-electron chi connectivity index (χ1n) is 14.4. The van der Waals surface area contributed by atoms with E-state index in [0.717, 1.165) is 30.4 Å². The third-order valence-corrected chi connectivity index (χ3v) is 7.63. The van der Waals surface area contributed by atoms with Crippen molar-refractivity contribution in [3.05, 3.63) is 119 Å². The Balaban J connectivity index is 1.38. The molecule has 43 heavy (non-hydrogen) atoms. The zero-order chi connectivity index (χ0) is 30.3. The van der Waals surface area contributed by atoms with Crippen molar-refractivity contribution in [3.63, 3.8) is 0 Å². The highest BCUT2D eigenvalue weighted by Gasteiger charge is 2.38. The number of aromatic nitrogens is 2. The number of hydrogen-bond acceptors (Lipinski definition) is 6. The van der Waals surface area contributed by atoms with Gasteiger partial charge in [-0.15, -0.1) is 0 Å². The number of hydrogen-bond donors (Lipinski definition) is 2. The molecule has 2 N–H and O–H groups in total. The normalized spacial score (nSPS) is 14.5. The van der Waals surface area contributed by atoms with Gasteiger partial charge >= 0.3 is 5.97 Å². The molecule has 0 aliphatic carbocycles. The second-order valence-corrected chi connectivity index (χ2v) is 10.6. The molecule has 9 heteroatoms. The number of ether oxygens (including phenoxy) is 1. The molecule has 1 aliphatic rings. The van der Waals surface area contributed by atoms with Gasteiger partial charge in [-0.1, -0.05) is 37.3 Å². The molecule has 4 aromatic rings. The summed E-state index contributed by atoms with van der Waals surface area (Å²) in [6, 6.07) is 16.6. The van der Waals surface area contributed by atoms with E-state index in [1.165, 1.54) is 18.3 Å². The van der Waals surface area contributed by atoms with Gasteiger partial charge in [0.05, 0.1) is 29.5 Å². The van der Waals surface area contributed by atoms with Crippen LogP contribution in [0.3, 0.4) is 0 Å². The summed E-state index contributed by atoms with van der Waals surface area (Å²) in [4.78, 5) is 47.8. The Kier molecular flexibility index (Phi) is 9.20. The molecule has 2 aromatic carbocycles. The molecule has 8 nitrogen and oxygen atoms in total. The van der Waals surface area contributed by atoms with Gasteiger partial charge in [0.15, 0.2) is 0 Å². The van der Waals surface area contributed by atoms with Gasteiger partial charge in [0.25, 0.3) is 11.8 Å². The summed E-state index contributed by atoms with van der Waals surface area (Å²) in [5, 5.41) is 5.95. The lowest BCUT2D eigenvalue weighted by atomic mass is 9.89. The van der Waals surface area contributed by atoms with E-state index >= 15 is 0 Å². The van der Waals surface area contributed by atoms with E-state index in [2.05, 4.69) is 27.5 Å². The SMILES string of the molecule is CCOC(=O)c1cnc2c(c1-c1ccc(C(=O)NCc3cccnc3)cc1)C(=O)NC2C(C)CCCc1ccc(F)cc1. The summed E-state index contributed by atoms with van der Waals surface area (Å²) >= 11 is 0. The summed E-state index contributed by atoms with van der Waals surface area (Å²) in [6.45, 7) is 4.28. The van der Waals surface area contributed by atoms with Crippen LogP contribution < -0.4 is 10.6 Å². The smallest absolute Gasteiger partial charge is 0.340 e. The number of halogens is 1. The third kappa shape index (κ3) is 6.77. The minimum absolute atomic E-state index is 0.0605. The second-order valence-electron chi connectivity index (χ2n) is 10.6. The molecule has 2 unspecified atom stereocenters. The van der Waals surface area contributed by atoms with Crippen LogP contribution in [0.1, 0.15) is 80.6 Å². The molecule has 2 amide bonds. The van der Waals surface area contributed by atoms with Crippen molar-refractivity contribution in [2.75, 3.05) is 6.61 Å². The standard InChI is InChI=1S/C34H33FN4O4/c1-3-43-34(42)27-20-37-31-29(33(41)39-30(31)21(2)6-4-7-22-9-15-26(35)16-10-22)28(27)24-11-13-25(14-12-24)32(40)38-19-23-8-5-17-36-18-23/h5,8-18,20-21,30H,3-4,6-7,19H2,1-2H3,(H,38,40)(H,39,41). The van der Waals surface area contributed by atoms with Gasteiger partial charge in [0.1, 0.15) is 5.82 Å². The Morgan fingerprint density at radius 3 is 2.49 bits per heavy atom. The van der Waals surface area contributed by atoms with E-state index in [1.807, 2.05) is 6.07 Å². The molecule has 2 atom stereocenters. The van der Waals surface area contributed by atoms with E-state index in [9.17, 15) is 18.8 Å². The number of aryl methyl sites for hydroxylation is 1. The number of amides is 2. The van der Waals surface area contributed by atoms with Gasteiger partial charge < -0.3 is 15.4 Å². The predicted octanol–water partition coefficient (Wildman–Crippen LogP) is 5.83. The highest BCUT2D eigenvalue weighted by Crippen LogP contribution is 2.39. The average Bonchev–Trinajstić information content (AvgIpc) is 3.37. The van der Waals surface area contributed by atoms with Gasteiger partial charge in [-0.25, -0.2) is 9.18 Å². The molecular weight excluding hydrogens is 547 g/mol. The maximum absolute atomic E-state index is 13.4. The number of benzene rings is 2. The van der Waals surface area contributed by atoms with E-state index in [4.69, 9.17) is 4.74 Å². The minimum atomic E-state index is -0.574. The van der Waals surface area contributed by atoms with Crippen LogP contribution in [0, 0.1) is 11.7 Å². The van der Waals surface area contributed by atoms with Crippen LogP contribution in [-0.4, -0.2) is 34.4 Å². The number of carbonyl (C=O) groups is 3. The fraction of sp³-hybridized carbons (Fsp3) is 0.265. The van der Waals surface area contributed by atoms with Crippen LogP contribution in [0.5, 0.6) is 0 Å². The summed E-state index contributed by atoms with van der Waals surface area (Å²) in [7, 11) is 0. The largest absolute Gasteiger partial charge is 0.462 e. The van der Waals surface area contributed by atoms with Crippen LogP contribution in [0.4, 0.5) is 4.39 Å². The van der Waals surface area contributed by atoms with Gasteiger partial charge in [-0.2, -0.15) is 0 Å². The van der Waals surface area contributed by atoms with Gasteiger partial charge in [0.2, 0.25) is 0 Å². The topological polar surface area (TPSA) is 110 Å². The van der Waals surface area contributed by atoms with Crippen LogP contribution in [0.15, 0.2) is 79.3 Å². The van der Waals surface area contributed by atoms with Crippen molar-refractivity contribution in [3.8, 4) is 11.1 Å². The summed E-state index contributed by atoms with van der Waals surface area (Å²) in [6.07, 6.45) is 7.28. The van der Waals surface area contributed by atoms with Crippen molar-refractivity contribution < 1.29 is 23.5 Å². The number of nitrogens with zero attached hydrogens (tertiary/aromatic N) is 2. The lowest BCUT2D eigenvalue weighted by molar-refractivity contribution is 0.0526. The van der Waals surface area contributed by atoms with Crippen molar-refractivity contribution in [1.82, 2.24) is 20.6 Å². The second kappa shape index (κ2) is 13.4. The quantitative estimate of drug-likeness (QED) is 0.216. The number of nitrogens with one attached hydrogen (secondary N) is 2. The molecule has 5 rings (SSSR count). The summed E-state index contributed by atoms with van der Waals surface area (Å²) < 4.78 is 18.5. The maximum Gasteiger partial charge on any atom is 0.340 e. The number of fused-ring (bicyclic) bond motifs is 1. The van der Waals surface area contributed by atoms with E-state index in [0.29, 0.717) is 34.5 Å². The fourth-order valence-corrected chi connectivity index (χ4v) is 5.37. The first-order valence-corrected chi connectivity index (χ1v) is 14.4. The Morgan fingerprint density at radius 2 is 1.79 bits per heavy atom. The molecule has 2 aromatic heterocycles. The predicted molar refractivity (Wildman–Crippen MR) is 160 cm³/mol. The first kappa shape index (κ1) is 29.6. The highest BCUT2D eigenvalue weighted by atomic mass is 19.1. The number of carbonyl (C=O) groups excluding carboxylic acids is 3. The van der Waals surface area contributed by atoms with E-state index in [-0.39, 0.29) is 41.8 Å². The Morgan fingerprint density at radius 1 is 1.02 bits per heavy atom. The Labute approximate surface area is 249 Å². The highest BCUT2D eigenvalue weighted by molar-refractivity contribution is 6.10. The molecule has 0 bridgehead atoms. The molecule has 0 saturated carbocycles. The van der Waals surface area contributed by atoms with Gasteiger partial charge in [-0.05, 0) is 79.1 Å². The van der Waals surface area contributed by atoms with E-state index in [1.54, 1.807) is 61.8 Å². The molecule has 3 heterocycles. The third-order valence-electron chi connectivity index (χ3n) is 7.63. The molecule has 0 spiro atoms. The number of pyridine rings is 2. The molecule has 0 radical (unpaired) electrons. The summed E-state index contributed by atoms with van der Waals surface area (Å²) in [5.74, 6) is -1.34. The van der Waals surface area contributed by atoms with Crippen molar-refractivity contribution in [1.29, 1.82) is 0 Å². The lowest BCUT2D eigenvalue weighted by Crippen LogP contribution is -2.24. The van der Waals surface area contributed by atoms with Crippen molar-refractivity contribution >= 4 is 17.8 Å². The Hall–Kier alpha value is -4.92. The number of esters is 1. The molecule has 0 saturated heterocycles. The molecule has 0 fully saturated rings. The van der Waals surface area contributed by atoms with Crippen LogP contribution in [0.2, 0.25) is 0 Å². The van der Waals surface area contributed by atoms with Crippen molar-refractivity contribution in [2.45, 2.75) is 45.7 Å². The van der Waals surface area contributed by atoms with Gasteiger partial charge in [0, 0.05) is 36.3 Å². The molecular formula is C34H33FN4O4. The molecule has 220 valence electrons. The number of rotatable bonds is 11. The van der Waals surface area contributed by atoms with Crippen molar-refractivity contribution in [2.24, 2.45) is 5.92 Å². The van der Waals surface area contributed by atoms with Crippen LogP contribution >= 0.6 is 0 Å². The molecule has 1 aliphatic heterocycles. The van der Waals surface area contributed by atoms with Gasteiger partial charge in [-0.3, -0.25) is 19.6 Å². The van der Waals surface area contributed by atoms with Crippen LogP contribution in [-0.2, 0) is 17.7 Å². The lowest BCUT2D eigenvalue weighted by Gasteiger charge is -2.20. The zero-order valence-electron chi connectivity index (χ0n) is 24.1.